The highest BCUT2D eigenvalue weighted by atomic mass is 32.1. The maximum Gasteiger partial charge on any atom is 0.0803 e. The Balaban J connectivity index is 1.16. The minimum absolute atomic E-state index is 0.602. The molecule has 0 radical (unpaired) electrons. The third-order valence-corrected chi connectivity index (χ3v) is 15.0. The van der Waals surface area contributed by atoms with Gasteiger partial charge in [0.05, 0.1) is 16.8 Å². The highest BCUT2D eigenvalue weighted by Gasteiger charge is 2.51. The third-order valence-electron chi connectivity index (χ3n) is 13.8. The van der Waals surface area contributed by atoms with Crippen molar-refractivity contribution in [3.8, 4) is 22.3 Å². The Morgan fingerprint density at radius 3 is 1.98 bits per heavy atom. The zero-order valence-corrected chi connectivity index (χ0v) is 34.3. The lowest BCUT2D eigenvalue weighted by Gasteiger charge is -2.47. The Labute approximate surface area is 354 Å². The number of anilines is 2. The first-order chi connectivity index (χ1) is 29.6. The predicted octanol–water partition coefficient (Wildman–Crippen LogP) is 15.5. The number of para-hydroxylation sites is 1. The van der Waals surface area contributed by atoms with Crippen LogP contribution in [-0.2, 0) is 6.42 Å². The number of allylic oxidation sites excluding steroid dienone is 7. The van der Waals surface area contributed by atoms with Gasteiger partial charge in [0, 0.05) is 37.9 Å². The number of hydrogen-bond acceptors (Lipinski definition) is 2. The Morgan fingerprint density at radius 1 is 0.550 bits per heavy atom. The van der Waals surface area contributed by atoms with Crippen molar-refractivity contribution < 1.29 is 0 Å². The van der Waals surface area contributed by atoms with Gasteiger partial charge in [-0.3, -0.25) is 0 Å². The van der Waals surface area contributed by atoms with Gasteiger partial charge in [0.25, 0.3) is 0 Å². The van der Waals surface area contributed by atoms with Crippen LogP contribution in [0.3, 0.4) is 0 Å². The largest absolute Gasteiger partial charge is 0.311 e. The molecule has 1 heterocycles. The molecule has 1 unspecified atom stereocenters. The topological polar surface area (TPSA) is 3.24 Å². The average molecular weight is 782 g/mol. The number of hydrogen-bond donors (Lipinski definition) is 0. The quantitative estimate of drug-likeness (QED) is 0.172. The molecule has 5 aliphatic rings. The highest BCUT2D eigenvalue weighted by molar-refractivity contribution is 7.25. The summed E-state index contributed by atoms with van der Waals surface area (Å²) in [6, 6.07) is 54.4. The van der Waals surface area contributed by atoms with Gasteiger partial charge < -0.3 is 4.90 Å². The van der Waals surface area contributed by atoms with Crippen LogP contribution in [0.1, 0.15) is 44.5 Å². The summed E-state index contributed by atoms with van der Waals surface area (Å²) in [4.78, 5) is 2.71. The molecular formula is C58H39NS. The molecule has 1 spiro atoms. The van der Waals surface area contributed by atoms with E-state index in [9.17, 15) is 0 Å². The van der Waals surface area contributed by atoms with Crippen molar-refractivity contribution in [3.05, 3.63) is 237 Å². The molecule has 1 nitrogen and oxygen atoms in total. The van der Waals surface area contributed by atoms with Crippen LogP contribution >= 0.6 is 11.3 Å². The van der Waals surface area contributed by atoms with E-state index in [2.05, 4.69) is 207 Å². The Bertz CT molecular complexity index is 3410. The Kier molecular flexibility index (Phi) is 7.07. The van der Waals surface area contributed by atoms with Crippen LogP contribution in [0.4, 0.5) is 11.4 Å². The van der Waals surface area contributed by atoms with Crippen LogP contribution in [0.2, 0.25) is 0 Å². The van der Waals surface area contributed by atoms with E-state index in [1.54, 1.807) is 0 Å². The molecule has 0 amide bonds. The zero-order chi connectivity index (χ0) is 39.7. The first-order valence-corrected chi connectivity index (χ1v) is 21.9. The maximum absolute atomic E-state index is 2.71. The second-order valence-electron chi connectivity index (χ2n) is 16.8. The molecule has 8 aromatic rings. The molecule has 282 valence electrons. The summed E-state index contributed by atoms with van der Waals surface area (Å²) in [5, 5.41) is 2.63. The molecule has 0 N–H and O–H groups in total. The summed E-state index contributed by atoms with van der Waals surface area (Å²) in [5.41, 5.74) is 24.1. The lowest BCUT2D eigenvalue weighted by atomic mass is 9.63. The molecule has 0 aliphatic heterocycles. The normalized spacial score (nSPS) is 17.6. The molecular weight excluding hydrogens is 743 g/mol. The summed E-state index contributed by atoms with van der Waals surface area (Å²) < 4.78 is 2.63. The van der Waals surface area contributed by atoms with Gasteiger partial charge in [0.15, 0.2) is 0 Å². The van der Waals surface area contributed by atoms with Crippen molar-refractivity contribution in [2.45, 2.75) is 20.3 Å². The van der Waals surface area contributed by atoms with Gasteiger partial charge in [-0.15, -0.1) is 11.3 Å². The van der Waals surface area contributed by atoms with Gasteiger partial charge in [-0.25, -0.2) is 0 Å². The van der Waals surface area contributed by atoms with Crippen molar-refractivity contribution in [3.63, 3.8) is 0 Å². The summed E-state index contributed by atoms with van der Waals surface area (Å²) in [7, 11) is 0. The van der Waals surface area contributed by atoms with Crippen molar-refractivity contribution in [2.75, 3.05) is 4.90 Å². The van der Waals surface area contributed by atoms with E-state index >= 15 is 0 Å². The number of fused-ring (bicyclic) bond motifs is 14. The second-order valence-corrected chi connectivity index (χ2v) is 17.9. The molecule has 5 aliphatic carbocycles. The number of aryl methyl sites for hydroxylation is 1. The fraction of sp³-hybridized carbons (Fsp3) is 0.0690. The third kappa shape index (κ3) is 4.52. The van der Waals surface area contributed by atoms with Gasteiger partial charge in [-0.1, -0.05) is 152 Å². The van der Waals surface area contributed by atoms with Gasteiger partial charge in [-0.2, -0.15) is 0 Å². The number of rotatable bonds is 4. The number of benzene rings is 7. The Morgan fingerprint density at radius 2 is 1.18 bits per heavy atom. The van der Waals surface area contributed by atoms with Gasteiger partial charge in [0.1, 0.15) is 0 Å². The smallest absolute Gasteiger partial charge is 0.0803 e. The van der Waals surface area contributed by atoms with Crippen LogP contribution in [0.5, 0.6) is 0 Å². The highest BCUT2D eigenvalue weighted by Crippen LogP contribution is 2.64. The zero-order valence-electron chi connectivity index (χ0n) is 33.5. The lowest BCUT2D eigenvalue weighted by molar-refractivity contribution is 0.676. The van der Waals surface area contributed by atoms with Gasteiger partial charge in [-0.05, 0) is 134 Å². The number of thiophene rings is 1. The molecule has 1 atom stereocenters. The minimum atomic E-state index is -0.602. The minimum Gasteiger partial charge on any atom is -0.311 e. The van der Waals surface area contributed by atoms with E-state index in [4.69, 9.17) is 0 Å². The molecule has 7 aromatic carbocycles. The molecule has 0 saturated carbocycles. The molecule has 13 rings (SSSR count). The van der Waals surface area contributed by atoms with E-state index in [0.29, 0.717) is 0 Å². The van der Waals surface area contributed by atoms with Crippen LogP contribution in [0.15, 0.2) is 193 Å². The SMILES string of the molecule is Cc1cc2c(c(N(C3=CC=C4C(=Cc5ccccc54)C34C=CC=C3C4=Cc4ccccc43)c3ccccc3-c3cccc4sc5ccccc5c34)c1C)Cc1ccccc1-2. The molecule has 0 fully saturated rings. The van der Waals surface area contributed by atoms with Crippen molar-refractivity contribution >= 4 is 66.2 Å². The summed E-state index contributed by atoms with van der Waals surface area (Å²) in [6.07, 6.45) is 17.9. The predicted molar refractivity (Wildman–Crippen MR) is 256 cm³/mol. The van der Waals surface area contributed by atoms with Crippen LogP contribution < -0.4 is 4.90 Å². The van der Waals surface area contributed by atoms with Crippen LogP contribution in [0.25, 0.3) is 65.7 Å². The fourth-order valence-electron chi connectivity index (χ4n) is 11.1. The standard InChI is InChI=1S/C58H39NS/c1-35-31-48-42-20-8-3-15-37(42)32-49(48)57(36(35)2)59(52-25-11-9-21-45(52)46-23-13-27-54-56(46)47-22-10-12-26-53(47)60-54)55-29-28-44-41-19-7-5-17-39(41)34-51(44)58(55)30-14-24-43-40-18-6-4-16-38(40)33-50(43)58/h3-31,33-34H,32H2,1-2H3. The maximum atomic E-state index is 2.71. The molecule has 1 aromatic heterocycles. The monoisotopic (exact) mass is 781 g/mol. The first-order valence-electron chi connectivity index (χ1n) is 21.1. The lowest BCUT2D eigenvalue weighted by Crippen LogP contribution is -2.38. The van der Waals surface area contributed by atoms with Crippen molar-refractivity contribution in [1.82, 2.24) is 0 Å². The number of nitrogens with zero attached hydrogens (tertiary/aromatic N) is 1. The first kappa shape index (κ1) is 33.9. The second kappa shape index (κ2) is 12.5. The van der Waals surface area contributed by atoms with Crippen molar-refractivity contribution in [2.24, 2.45) is 5.41 Å². The molecule has 0 saturated heterocycles. The Hall–Kier alpha value is -7.00. The fourth-order valence-corrected chi connectivity index (χ4v) is 12.2. The molecule has 0 bridgehead atoms. The van der Waals surface area contributed by atoms with E-state index in [1.165, 1.54) is 126 Å². The van der Waals surface area contributed by atoms with Crippen LogP contribution in [-0.4, -0.2) is 0 Å². The van der Waals surface area contributed by atoms with E-state index in [-0.39, 0.29) is 0 Å². The summed E-state index contributed by atoms with van der Waals surface area (Å²) in [6.45, 7) is 4.66. The summed E-state index contributed by atoms with van der Waals surface area (Å²) >= 11 is 1.89. The van der Waals surface area contributed by atoms with E-state index in [1.807, 2.05) is 11.3 Å². The average Bonchev–Trinajstić information content (AvgIpc) is 4.07. The molecule has 60 heavy (non-hydrogen) atoms. The van der Waals surface area contributed by atoms with Gasteiger partial charge >= 0.3 is 0 Å². The van der Waals surface area contributed by atoms with E-state index < -0.39 is 5.41 Å². The molecule has 2 heteroatoms. The summed E-state index contributed by atoms with van der Waals surface area (Å²) in [5.74, 6) is 0. The van der Waals surface area contributed by atoms with Crippen LogP contribution in [0, 0.1) is 19.3 Å². The van der Waals surface area contributed by atoms with E-state index in [0.717, 1.165) is 6.42 Å². The van der Waals surface area contributed by atoms with Crippen molar-refractivity contribution in [1.29, 1.82) is 0 Å². The van der Waals surface area contributed by atoms with Gasteiger partial charge in [0.2, 0.25) is 0 Å².